The number of imidazole rings is 1. The molecule has 26 heavy (non-hydrogen) atoms. The van der Waals surface area contributed by atoms with Crippen molar-refractivity contribution in [2.24, 2.45) is 0 Å². The van der Waals surface area contributed by atoms with Gasteiger partial charge in [0, 0.05) is 50.4 Å². The average Bonchev–Trinajstić information content (AvgIpc) is 3.32. The number of methoxy groups -OCH3 is 1. The van der Waals surface area contributed by atoms with Crippen LogP contribution in [0.3, 0.4) is 0 Å². The van der Waals surface area contributed by atoms with E-state index < -0.39 is 0 Å². The molecule has 7 nitrogen and oxygen atoms in total. The first kappa shape index (κ1) is 19.0. The van der Waals surface area contributed by atoms with Gasteiger partial charge in [0.2, 0.25) is 5.91 Å². The molecule has 0 aliphatic carbocycles. The van der Waals surface area contributed by atoms with Crippen LogP contribution in [-0.4, -0.2) is 77.2 Å². The third kappa shape index (κ3) is 4.90. The summed E-state index contributed by atoms with van der Waals surface area (Å²) in [6, 6.07) is 0. The molecule has 1 atom stereocenters. The molecule has 1 aliphatic heterocycles. The fourth-order valence-corrected chi connectivity index (χ4v) is 3.93. The predicted octanol–water partition coefficient (Wildman–Crippen LogP) is 1.67. The predicted molar refractivity (Wildman–Crippen MR) is 101 cm³/mol. The molecule has 1 unspecified atom stereocenters. The number of hydrogen-bond donors (Lipinski definition) is 0. The number of carbonyl (C=O) groups is 1. The second kappa shape index (κ2) is 9.25. The second-order valence-electron chi connectivity index (χ2n) is 6.80. The van der Waals surface area contributed by atoms with Crippen molar-refractivity contribution < 1.29 is 9.53 Å². The van der Waals surface area contributed by atoms with Gasteiger partial charge in [-0.3, -0.25) is 9.69 Å². The fraction of sp³-hybridized carbons (Fsp3) is 0.611. The lowest BCUT2D eigenvalue weighted by atomic mass is 9.97. The Kier molecular flexibility index (Phi) is 6.76. The van der Waals surface area contributed by atoms with E-state index in [4.69, 9.17) is 4.74 Å². The molecule has 3 rings (SSSR count). The minimum Gasteiger partial charge on any atom is -0.383 e. The monoisotopic (exact) mass is 377 g/mol. The van der Waals surface area contributed by atoms with Gasteiger partial charge in [0.1, 0.15) is 5.82 Å². The highest BCUT2D eigenvalue weighted by Crippen LogP contribution is 2.26. The van der Waals surface area contributed by atoms with Gasteiger partial charge in [0.25, 0.3) is 0 Å². The molecule has 0 N–H and O–H groups in total. The summed E-state index contributed by atoms with van der Waals surface area (Å²) in [5, 5.41) is 2.07. The minimum atomic E-state index is 0.186. The summed E-state index contributed by atoms with van der Waals surface area (Å²) in [7, 11) is 3.64. The number of carbonyl (C=O) groups excluding carboxylic acids is 1. The van der Waals surface area contributed by atoms with E-state index in [1.54, 1.807) is 18.4 Å². The molecule has 2 aromatic rings. The Hall–Kier alpha value is -1.77. The lowest BCUT2D eigenvalue weighted by Crippen LogP contribution is -2.44. The normalized spacial score (nSPS) is 17.8. The zero-order chi connectivity index (χ0) is 18.4. The Labute approximate surface area is 158 Å². The Bertz CT molecular complexity index is 688. The Morgan fingerprint density at radius 3 is 3.12 bits per heavy atom. The van der Waals surface area contributed by atoms with Crippen LogP contribution in [0.5, 0.6) is 0 Å². The lowest BCUT2D eigenvalue weighted by molar-refractivity contribution is -0.133. The molecule has 142 valence electrons. The van der Waals surface area contributed by atoms with Gasteiger partial charge < -0.3 is 14.2 Å². The van der Waals surface area contributed by atoms with Crippen molar-refractivity contribution in [3.63, 3.8) is 0 Å². The molecule has 8 heteroatoms. The van der Waals surface area contributed by atoms with Gasteiger partial charge in [-0.05, 0) is 19.9 Å². The van der Waals surface area contributed by atoms with Gasteiger partial charge in [0.05, 0.1) is 30.9 Å². The summed E-state index contributed by atoms with van der Waals surface area (Å²) in [6.45, 7) is 4.15. The van der Waals surface area contributed by atoms with Crippen molar-refractivity contribution >= 4 is 17.2 Å². The van der Waals surface area contributed by atoms with Crippen LogP contribution in [-0.2, 0) is 16.1 Å². The number of likely N-dealkylation sites (N-methyl/N-ethyl adjacent to an activating group) is 1. The highest BCUT2D eigenvalue weighted by molar-refractivity contribution is 7.07. The number of likely N-dealkylation sites (tertiary alicyclic amines) is 1. The molecule has 0 bridgehead atoms. The summed E-state index contributed by atoms with van der Waals surface area (Å²) in [5.74, 6) is 1.53. The van der Waals surface area contributed by atoms with Gasteiger partial charge in [0.15, 0.2) is 0 Å². The largest absolute Gasteiger partial charge is 0.383 e. The maximum atomic E-state index is 12.6. The lowest BCUT2D eigenvalue weighted by Gasteiger charge is -2.33. The van der Waals surface area contributed by atoms with Crippen LogP contribution >= 0.6 is 11.3 Å². The Morgan fingerprint density at radius 1 is 1.46 bits per heavy atom. The van der Waals surface area contributed by atoms with E-state index in [2.05, 4.69) is 19.9 Å². The first-order valence-corrected chi connectivity index (χ1v) is 9.95. The Balaban J connectivity index is 1.60. The number of amides is 1. The first-order chi connectivity index (χ1) is 12.7. The molecule has 3 heterocycles. The van der Waals surface area contributed by atoms with Gasteiger partial charge in [-0.1, -0.05) is 0 Å². The van der Waals surface area contributed by atoms with Gasteiger partial charge in [-0.15, -0.1) is 11.3 Å². The molecule has 1 saturated heterocycles. The van der Waals surface area contributed by atoms with Gasteiger partial charge in [-0.2, -0.15) is 0 Å². The summed E-state index contributed by atoms with van der Waals surface area (Å²) in [6.07, 6.45) is 5.94. The molecule has 0 saturated carbocycles. The van der Waals surface area contributed by atoms with Crippen LogP contribution in [0.2, 0.25) is 0 Å². The number of rotatable bonds is 8. The van der Waals surface area contributed by atoms with E-state index >= 15 is 0 Å². The van der Waals surface area contributed by atoms with Crippen LogP contribution in [0.15, 0.2) is 23.3 Å². The topological polar surface area (TPSA) is 63.5 Å². The standard InChI is InChI=1S/C18H27N5O2S/c1-21(8-9-25-2)12-17(24)22-6-3-4-15(10-22)18-19-5-7-23(18)11-16-13-26-14-20-16/h5,7,13-15H,3-4,6,8-12H2,1-2H3. The first-order valence-electron chi connectivity index (χ1n) is 9.00. The van der Waals surface area contributed by atoms with E-state index in [1.165, 1.54) is 0 Å². The van der Waals surface area contributed by atoms with E-state index in [1.807, 2.05) is 34.8 Å². The second-order valence-corrected chi connectivity index (χ2v) is 7.52. The summed E-state index contributed by atoms with van der Waals surface area (Å²) in [4.78, 5) is 25.6. The number of hydrogen-bond acceptors (Lipinski definition) is 6. The zero-order valence-corrected chi connectivity index (χ0v) is 16.3. The van der Waals surface area contributed by atoms with E-state index in [9.17, 15) is 4.79 Å². The number of piperidine rings is 1. The molecule has 0 spiro atoms. The molecule has 2 aromatic heterocycles. The molecular formula is C18H27N5O2S. The molecule has 1 amide bonds. The van der Waals surface area contributed by atoms with Crippen molar-refractivity contribution in [3.05, 3.63) is 34.8 Å². The average molecular weight is 378 g/mol. The number of nitrogens with zero attached hydrogens (tertiary/aromatic N) is 5. The number of ether oxygens (including phenoxy) is 1. The minimum absolute atomic E-state index is 0.186. The van der Waals surface area contributed by atoms with Crippen LogP contribution in [0.4, 0.5) is 0 Å². The van der Waals surface area contributed by atoms with Crippen LogP contribution in [0.25, 0.3) is 0 Å². The van der Waals surface area contributed by atoms with Crippen LogP contribution < -0.4 is 0 Å². The van der Waals surface area contributed by atoms with Crippen molar-refractivity contribution in [2.75, 3.05) is 46.9 Å². The van der Waals surface area contributed by atoms with Gasteiger partial charge >= 0.3 is 0 Å². The van der Waals surface area contributed by atoms with Crippen LogP contribution in [0.1, 0.15) is 30.3 Å². The molecule has 1 aliphatic rings. The van der Waals surface area contributed by atoms with Crippen LogP contribution in [0, 0.1) is 0 Å². The highest BCUT2D eigenvalue weighted by Gasteiger charge is 2.27. The highest BCUT2D eigenvalue weighted by atomic mass is 32.1. The van der Waals surface area contributed by atoms with Crippen molar-refractivity contribution in [1.29, 1.82) is 0 Å². The van der Waals surface area contributed by atoms with Crippen molar-refractivity contribution in [2.45, 2.75) is 25.3 Å². The van der Waals surface area contributed by atoms with E-state index in [0.29, 0.717) is 13.2 Å². The molecule has 1 fully saturated rings. The van der Waals surface area contributed by atoms with Crippen molar-refractivity contribution in [1.82, 2.24) is 24.3 Å². The third-order valence-electron chi connectivity index (χ3n) is 4.79. The SMILES string of the molecule is COCCN(C)CC(=O)N1CCCC(c2nccn2Cc2cscn2)C1. The number of aromatic nitrogens is 3. The van der Waals surface area contributed by atoms with Crippen molar-refractivity contribution in [3.8, 4) is 0 Å². The summed E-state index contributed by atoms with van der Waals surface area (Å²) >= 11 is 1.61. The molecule has 0 radical (unpaired) electrons. The summed E-state index contributed by atoms with van der Waals surface area (Å²) < 4.78 is 7.24. The van der Waals surface area contributed by atoms with E-state index in [-0.39, 0.29) is 11.8 Å². The zero-order valence-electron chi connectivity index (χ0n) is 15.5. The Morgan fingerprint density at radius 2 is 2.35 bits per heavy atom. The number of thiazole rings is 1. The maximum Gasteiger partial charge on any atom is 0.236 e. The quantitative estimate of drug-likeness (QED) is 0.700. The van der Waals surface area contributed by atoms with Gasteiger partial charge in [-0.25, -0.2) is 9.97 Å². The van der Waals surface area contributed by atoms with E-state index in [0.717, 1.165) is 50.5 Å². The smallest absolute Gasteiger partial charge is 0.236 e. The molecular weight excluding hydrogens is 350 g/mol. The third-order valence-corrected chi connectivity index (χ3v) is 5.42. The maximum absolute atomic E-state index is 12.6. The molecule has 0 aromatic carbocycles. The fourth-order valence-electron chi connectivity index (χ4n) is 3.38. The summed E-state index contributed by atoms with van der Waals surface area (Å²) in [5.41, 5.74) is 2.91.